The summed E-state index contributed by atoms with van der Waals surface area (Å²) in [6.07, 6.45) is -10.3. The number of para-hydroxylation sites is 1. The van der Waals surface area contributed by atoms with E-state index in [1.54, 1.807) is 11.1 Å². The molecule has 0 amide bonds. The molecule has 1 aromatic heterocycles. The van der Waals surface area contributed by atoms with Crippen LogP contribution in [0.15, 0.2) is 46.1 Å². The van der Waals surface area contributed by atoms with Crippen molar-refractivity contribution in [2.75, 3.05) is 6.61 Å². The lowest BCUT2D eigenvalue weighted by Crippen LogP contribution is -2.54. The predicted octanol–water partition coefficient (Wildman–Crippen LogP) is 2.85. The molecule has 12 nitrogen and oxygen atoms in total. The number of aromatic amines is 1. The van der Waals surface area contributed by atoms with Gasteiger partial charge in [0, 0.05) is 6.20 Å². The van der Waals surface area contributed by atoms with Gasteiger partial charge >= 0.3 is 25.3 Å². The molecule has 5 unspecified atom stereocenters. The van der Waals surface area contributed by atoms with E-state index < -0.39 is 79.0 Å². The number of aliphatic hydroxyl groups excluding tert-OH is 1. The van der Waals surface area contributed by atoms with Crippen molar-refractivity contribution in [1.82, 2.24) is 14.6 Å². The van der Waals surface area contributed by atoms with Crippen molar-refractivity contribution in [1.29, 1.82) is 0 Å². The SMILES string of the molecule is CC(C)OC(=O)C(C)NP(=O)(OCC1(C(F)F)OC(n2cc(Cl)c(=O)[nH]c2=O)C(F)(F)C1O)Oc1ccccc1. The second-order valence-corrected chi connectivity index (χ2v) is 11.1. The Balaban J connectivity index is 1.97. The number of hydrogen-bond donors (Lipinski definition) is 3. The van der Waals surface area contributed by atoms with Crippen LogP contribution < -0.4 is 20.9 Å². The van der Waals surface area contributed by atoms with Gasteiger partial charge in [-0.1, -0.05) is 29.8 Å². The number of halogens is 5. The van der Waals surface area contributed by atoms with Crippen LogP contribution in [-0.2, 0) is 23.4 Å². The first-order chi connectivity index (χ1) is 18.5. The summed E-state index contributed by atoms with van der Waals surface area (Å²) in [4.78, 5) is 37.6. The second kappa shape index (κ2) is 12.0. The number of nitrogens with zero attached hydrogens (tertiary/aromatic N) is 1. The minimum absolute atomic E-state index is 0.0133. The Morgan fingerprint density at radius 2 is 1.88 bits per heavy atom. The van der Waals surface area contributed by atoms with Crippen LogP contribution in [0.4, 0.5) is 17.6 Å². The number of nitrogens with one attached hydrogen (secondary N) is 2. The molecule has 40 heavy (non-hydrogen) atoms. The normalized spacial score (nSPS) is 24.6. The van der Waals surface area contributed by atoms with E-state index in [0.29, 0.717) is 6.20 Å². The van der Waals surface area contributed by atoms with Crippen LogP contribution in [0.5, 0.6) is 5.75 Å². The van der Waals surface area contributed by atoms with Gasteiger partial charge in [0.2, 0.25) is 6.23 Å². The molecule has 0 spiro atoms. The molecular weight excluding hydrogens is 593 g/mol. The smallest absolute Gasteiger partial charge is 0.459 e. The average molecular weight is 618 g/mol. The Hall–Kier alpha value is -2.75. The van der Waals surface area contributed by atoms with Gasteiger partial charge in [0.15, 0.2) is 11.7 Å². The van der Waals surface area contributed by atoms with Crippen LogP contribution in [0.25, 0.3) is 0 Å². The lowest BCUT2D eigenvalue weighted by molar-refractivity contribution is -0.193. The summed E-state index contributed by atoms with van der Waals surface area (Å²) < 4.78 is 92.8. The Bertz CT molecular complexity index is 1380. The van der Waals surface area contributed by atoms with Gasteiger partial charge in [-0.3, -0.25) is 23.7 Å². The van der Waals surface area contributed by atoms with E-state index in [0.717, 1.165) is 0 Å². The van der Waals surface area contributed by atoms with Crippen LogP contribution >= 0.6 is 19.3 Å². The molecule has 2 aromatic rings. The topological polar surface area (TPSA) is 158 Å². The first kappa shape index (κ1) is 31.8. The van der Waals surface area contributed by atoms with Crippen molar-refractivity contribution < 1.29 is 50.5 Å². The first-order valence-corrected chi connectivity index (χ1v) is 13.4. The molecule has 0 radical (unpaired) electrons. The molecule has 3 rings (SSSR count). The third-order valence-corrected chi connectivity index (χ3v) is 7.41. The number of alkyl halides is 4. The van der Waals surface area contributed by atoms with Crippen LogP contribution in [0, 0.1) is 0 Å². The molecule has 0 aliphatic carbocycles. The van der Waals surface area contributed by atoms with Crippen LogP contribution in [0.1, 0.15) is 27.0 Å². The fourth-order valence-electron chi connectivity index (χ4n) is 3.56. The second-order valence-electron chi connectivity index (χ2n) is 8.96. The van der Waals surface area contributed by atoms with Gasteiger partial charge < -0.3 is 19.1 Å². The summed E-state index contributed by atoms with van der Waals surface area (Å²) in [6.45, 7) is 2.57. The van der Waals surface area contributed by atoms with E-state index in [2.05, 4.69) is 5.09 Å². The van der Waals surface area contributed by atoms with E-state index >= 15 is 8.78 Å². The summed E-state index contributed by atoms with van der Waals surface area (Å²) in [6, 6.07) is 5.67. The van der Waals surface area contributed by atoms with Gasteiger partial charge in [-0.25, -0.2) is 18.1 Å². The largest absolute Gasteiger partial charge is 0.462 e. The van der Waals surface area contributed by atoms with E-state index in [1.807, 2.05) is 0 Å². The highest BCUT2D eigenvalue weighted by atomic mass is 35.5. The molecule has 222 valence electrons. The Morgan fingerprint density at radius 3 is 2.45 bits per heavy atom. The molecule has 1 aromatic carbocycles. The zero-order valence-electron chi connectivity index (χ0n) is 21.1. The lowest BCUT2D eigenvalue weighted by Gasteiger charge is -2.32. The summed E-state index contributed by atoms with van der Waals surface area (Å²) in [7, 11) is -4.87. The lowest BCUT2D eigenvalue weighted by atomic mass is 9.96. The molecule has 1 aliphatic rings. The predicted molar refractivity (Wildman–Crippen MR) is 131 cm³/mol. The number of esters is 1. The van der Waals surface area contributed by atoms with E-state index in [-0.39, 0.29) is 10.3 Å². The summed E-state index contributed by atoms with van der Waals surface area (Å²) >= 11 is 5.59. The minimum atomic E-state index is -4.87. The number of carbonyl (C=O) groups is 1. The van der Waals surface area contributed by atoms with Gasteiger partial charge in [0.05, 0.1) is 12.7 Å². The van der Waals surface area contributed by atoms with Crippen molar-refractivity contribution in [2.45, 2.75) is 63.2 Å². The quantitative estimate of drug-likeness (QED) is 0.194. The standard InChI is InChI=1S/C22H25ClF4N3O9P/c1-11(2)37-16(32)12(3)29-40(35,39-13-7-5-4-6-8-13)36-10-21(18(24)25)17(33)22(26,27)19(38-21)30-9-14(23)15(31)28-20(30)34/h4-9,11-12,17-19,33H,10H2,1-3H3,(H,29,35)(H,28,31,34). The molecule has 1 fully saturated rings. The van der Waals surface area contributed by atoms with Gasteiger partial charge in [-0.15, -0.1) is 0 Å². The Kier molecular flexibility index (Phi) is 9.54. The number of aromatic nitrogens is 2. The Morgan fingerprint density at radius 1 is 1.25 bits per heavy atom. The van der Waals surface area contributed by atoms with Crippen molar-refractivity contribution in [3.63, 3.8) is 0 Å². The fraction of sp³-hybridized carbons (Fsp3) is 0.500. The van der Waals surface area contributed by atoms with Crippen molar-refractivity contribution in [2.24, 2.45) is 0 Å². The fourth-order valence-corrected chi connectivity index (χ4v) is 5.24. The van der Waals surface area contributed by atoms with Crippen molar-refractivity contribution in [3.8, 4) is 5.75 Å². The molecule has 2 heterocycles. The van der Waals surface area contributed by atoms with Crippen LogP contribution in [-0.4, -0.2) is 63.4 Å². The molecule has 3 N–H and O–H groups in total. The highest BCUT2D eigenvalue weighted by Gasteiger charge is 2.71. The van der Waals surface area contributed by atoms with Gasteiger partial charge in [-0.2, -0.15) is 13.9 Å². The first-order valence-electron chi connectivity index (χ1n) is 11.5. The number of carbonyl (C=O) groups excluding carboxylic acids is 1. The number of ether oxygens (including phenoxy) is 2. The summed E-state index contributed by atoms with van der Waals surface area (Å²) in [5.74, 6) is -5.64. The van der Waals surface area contributed by atoms with Gasteiger partial charge in [-0.05, 0) is 32.9 Å². The number of hydrogen-bond acceptors (Lipinski definition) is 9. The molecule has 18 heteroatoms. The maximum absolute atomic E-state index is 15.1. The Labute approximate surface area is 228 Å². The molecule has 0 saturated carbocycles. The summed E-state index contributed by atoms with van der Waals surface area (Å²) in [5.41, 5.74) is -6.24. The zero-order chi connectivity index (χ0) is 30.0. The number of rotatable bonds is 11. The number of H-pyrrole nitrogens is 1. The van der Waals surface area contributed by atoms with Crippen LogP contribution in [0.2, 0.25) is 5.02 Å². The van der Waals surface area contributed by atoms with E-state index in [9.17, 15) is 32.8 Å². The number of aliphatic hydroxyl groups is 1. The van der Waals surface area contributed by atoms with Crippen molar-refractivity contribution >= 4 is 25.3 Å². The van der Waals surface area contributed by atoms with Crippen LogP contribution in [0.3, 0.4) is 0 Å². The highest BCUT2D eigenvalue weighted by molar-refractivity contribution is 7.52. The summed E-state index contributed by atoms with van der Waals surface area (Å²) in [5, 5.41) is 11.8. The maximum atomic E-state index is 15.1. The van der Waals surface area contributed by atoms with Gasteiger partial charge in [0.25, 0.3) is 12.0 Å². The molecule has 1 aliphatic heterocycles. The number of benzene rings is 1. The van der Waals surface area contributed by atoms with Gasteiger partial charge in [0.1, 0.15) is 16.8 Å². The average Bonchev–Trinajstić information content (AvgIpc) is 3.06. The van der Waals surface area contributed by atoms with Crippen molar-refractivity contribution in [3.05, 3.63) is 62.4 Å². The third-order valence-electron chi connectivity index (χ3n) is 5.52. The molecular formula is C22H25ClF4N3O9P. The molecule has 1 saturated heterocycles. The third kappa shape index (κ3) is 6.58. The van der Waals surface area contributed by atoms with E-state index in [1.165, 1.54) is 45.0 Å². The highest BCUT2D eigenvalue weighted by Crippen LogP contribution is 2.53. The molecule has 5 atom stereocenters. The molecule has 0 bridgehead atoms. The monoisotopic (exact) mass is 617 g/mol. The zero-order valence-corrected chi connectivity index (χ0v) is 22.7. The minimum Gasteiger partial charge on any atom is -0.462 e. The maximum Gasteiger partial charge on any atom is 0.459 e. The van der Waals surface area contributed by atoms with E-state index in [4.69, 9.17) is 30.1 Å².